The predicted molar refractivity (Wildman–Crippen MR) is 80.6 cm³/mol. The highest BCUT2D eigenvalue weighted by Crippen LogP contribution is 2.63. The smallest absolute Gasteiger partial charge is 0.355 e. The largest absolute Gasteiger partial charge is 0.461 e. The molecule has 3 aliphatic rings. The maximum absolute atomic E-state index is 12.3. The average molecular weight is 303 g/mol. The molecule has 3 aliphatic carbocycles. The van der Waals surface area contributed by atoms with Crippen molar-refractivity contribution in [2.45, 2.75) is 36.9 Å². The first-order valence-corrected chi connectivity index (χ1v) is 8.49. The third kappa shape index (κ3) is 1.75. The summed E-state index contributed by atoms with van der Waals surface area (Å²) in [5.74, 6) is 0.574. The fraction of sp³-hybridized carbons (Fsp3) is 0.533. The first-order chi connectivity index (χ1) is 10.2. The number of esters is 1. The number of nitrogens with zero attached hydrogens (tertiary/aromatic N) is 3. The molecule has 2 bridgehead atoms. The Kier molecular flexibility index (Phi) is 2.79. The Morgan fingerprint density at radius 1 is 1.52 bits per heavy atom. The van der Waals surface area contributed by atoms with Gasteiger partial charge in [-0.2, -0.15) is 0 Å². The summed E-state index contributed by atoms with van der Waals surface area (Å²) in [5.41, 5.74) is 1.59. The lowest BCUT2D eigenvalue weighted by molar-refractivity contribution is -0.0875. The van der Waals surface area contributed by atoms with Gasteiger partial charge in [0, 0.05) is 17.1 Å². The number of thioether (sulfide) groups is 1. The van der Waals surface area contributed by atoms with Gasteiger partial charge in [-0.1, -0.05) is 11.8 Å². The second-order valence-electron chi connectivity index (χ2n) is 5.92. The summed E-state index contributed by atoms with van der Waals surface area (Å²) >= 11 is 1.52. The molecule has 0 amide bonds. The number of fused-ring (bicyclic) bond motifs is 1. The summed E-state index contributed by atoms with van der Waals surface area (Å²) in [5, 5.41) is 1.66. The van der Waals surface area contributed by atoms with Gasteiger partial charge in [-0.05, 0) is 44.4 Å². The molecule has 3 saturated carbocycles. The molecular formula is C15H17N3O2S. The summed E-state index contributed by atoms with van der Waals surface area (Å²) in [6.07, 6.45) is 7.23. The molecule has 0 atom stereocenters. The quantitative estimate of drug-likeness (QED) is 0.494. The van der Waals surface area contributed by atoms with Gasteiger partial charge in [0.1, 0.15) is 11.3 Å². The van der Waals surface area contributed by atoms with Crippen LogP contribution in [0.1, 0.15) is 36.7 Å². The van der Waals surface area contributed by atoms with E-state index in [1.165, 1.54) is 11.8 Å². The van der Waals surface area contributed by atoms with E-state index in [4.69, 9.17) is 4.74 Å². The van der Waals surface area contributed by atoms with E-state index in [9.17, 15) is 4.79 Å². The number of aromatic nitrogens is 3. The van der Waals surface area contributed by atoms with Gasteiger partial charge in [0.15, 0.2) is 5.16 Å². The molecule has 0 spiro atoms. The van der Waals surface area contributed by atoms with Gasteiger partial charge in [-0.25, -0.2) is 14.8 Å². The highest BCUT2D eigenvalue weighted by molar-refractivity contribution is 7.98. The van der Waals surface area contributed by atoms with Crippen molar-refractivity contribution in [2.24, 2.45) is 5.92 Å². The summed E-state index contributed by atoms with van der Waals surface area (Å²) in [6.45, 7) is 2.22. The van der Waals surface area contributed by atoms with Crippen LogP contribution in [0.4, 0.5) is 0 Å². The van der Waals surface area contributed by atoms with Crippen LogP contribution in [0.3, 0.4) is 0 Å². The Hall–Kier alpha value is -1.56. The van der Waals surface area contributed by atoms with Gasteiger partial charge in [0.05, 0.1) is 6.61 Å². The minimum atomic E-state index is -0.258. The molecule has 0 N–H and O–H groups in total. The van der Waals surface area contributed by atoms with Crippen LogP contribution in [0, 0.1) is 5.92 Å². The van der Waals surface area contributed by atoms with E-state index in [-0.39, 0.29) is 11.5 Å². The first kappa shape index (κ1) is 13.1. The fourth-order valence-corrected chi connectivity index (χ4v) is 3.95. The summed E-state index contributed by atoms with van der Waals surface area (Å²) in [6, 6.07) is 1.87. The van der Waals surface area contributed by atoms with Crippen molar-refractivity contribution in [3.05, 3.63) is 18.0 Å². The molecule has 5 rings (SSSR count). The van der Waals surface area contributed by atoms with Crippen LogP contribution in [-0.4, -0.2) is 33.4 Å². The van der Waals surface area contributed by atoms with E-state index >= 15 is 0 Å². The molecule has 0 saturated heterocycles. The molecule has 0 radical (unpaired) electrons. The standard InChI is InChI=1S/C15H17N3O2S/c1-3-20-13(19)11-4-10-8-16-14(21-2)17-12(10)18(11)15-5-9(6-15)7-15/h4,8-9H,3,5-7H2,1-2H3. The minimum Gasteiger partial charge on any atom is -0.461 e. The van der Waals surface area contributed by atoms with Gasteiger partial charge in [-0.3, -0.25) is 0 Å². The minimum absolute atomic E-state index is 0.0958. The third-order valence-electron chi connectivity index (χ3n) is 4.67. The van der Waals surface area contributed by atoms with Crippen LogP contribution in [0.25, 0.3) is 11.0 Å². The lowest BCUT2D eigenvalue weighted by atomic mass is 9.49. The van der Waals surface area contributed by atoms with Gasteiger partial charge in [0.25, 0.3) is 0 Å². The van der Waals surface area contributed by atoms with Gasteiger partial charge in [-0.15, -0.1) is 0 Å². The highest BCUT2D eigenvalue weighted by atomic mass is 32.2. The van der Waals surface area contributed by atoms with Crippen molar-refractivity contribution < 1.29 is 9.53 Å². The normalized spacial score (nSPS) is 26.3. The van der Waals surface area contributed by atoms with E-state index < -0.39 is 0 Å². The van der Waals surface area contributed by atoms with E-state index in [2.05, 4.69) is 14.5 Å². The van der Waals surface area contributed by atoms with E-state index in [1.807, 2.05) is 19.2 Å². The van der Waals surface area contributed by atoms with Gasteiger partial charge >= 0.3 is 5.97 Å². The van der Waals surface area contributed by atoms with Crippen LogP contribution in [-0.2, 0) is 10.3 Å². The summed E-state index contributed by atoms with van der Waals surface area (Å²) in [4.78, 5) is 21.2. The summed E-state index contributed by atoms with van der Waals surface area (Å²) in [7, 11) is 0. The van der Waals surface area contributed by atoms with Crippen molar-refractivity contribution in [1.82, 2.24) is 14.5 Å². The van der Waals surface area contributed by atoms with Crippen molar-refractivity contribution in [2.75, 3.05) is 12.9 Å². The number of hydrogen-bond acceptors (Lipinski definition) is 5. The number of hydrogen-bond donors (Lipinski definition) is 0. The SMILES string of the molecule is CCOC(=O)c1cc2cnc(SC)nc2n1C12CC(C1)C2. The molecule has 5 nitrogen and oxygen atoms in total. The second kappa shape index (κ2) is 4.47. The summed E-state index contributed by atoms with van der Waals surface area (Å²) < 4.78 is 7.35. The van der Waals surface area contributed by atoms with Gasteiger partial charge in [0.2, 0.25) is 0 Å². The Morgan fingerprint density at radius 3 is 2.86 bits per heavy atom. The second-order valence-corrected chi connectivity index (χ2v) is 6.70. The topological polar surface area (TPSA) is 57.0 Å². The van der Waals surface area contributed by atoms with Crippen LogP contribution in [0.5, 0.6) is 0 Å². The molecule has 2 heterocycles. The van der Waals surface area contributed by atoms with Crippen molar-refractivity contribution >= 4 is 28.8 Å². The lowest BCUT2D eigenvalue weighted by Crippen LogP contribution is -2.60. The maximum Gasteiger partial charge on any atom is 0.355 e. The monoisotopic (exact) mass is 303 g/mol. The zero-order valence-electron chi connectivity index (χ0n) is 12.1. The van der Waals surface area contributed by atoms with Crippen molar-refractivity contribution in [1.29, 1.82) is 0 Å². The number of carbonyl (C=O) groups is 1. The molecule has 0 aromatic carbocycles. The van der Waals surface area contributed by atoms with Crippen LogP contribution >= 0.6 is 11.8 Å². The molecule has 110 valence electrons. The van der Waals surface area contributed by atoms with Crippen LogP contribution < -0.4 is 0 Å². The molecule has 6 heteroatoms. The predicted octanol–water partition coefficient (Wildman–Crippen LogP) is 2.84. The molecular weight excluding hydrogens is 286 g/mol. The molecule has 0 unspecified atom stereocenters. The highest BCUT2D eigenvalue weighted by Gasteiger charge is 2.59. The lowest BCUT2D eigenvalue weighted by Gasteiger charge is -2.62. The van der Waals surface area contributed by atoms with Crippen LogP contribution in [0.2, 0.25) is 0 Å². The zero-order valence-corrected chi connectivity index (χ0v) is 12.9. The molecule has 2 aromatic heterocycles. The van der Waals surface area contributed by atoms with E-state index in [1.54, 1.807) is 6.20 Å². The number of rotatable bonds is 4. The molecule has 0 aliphatic heterocycles. The molecule has 21 heavy (non-hydrogen) atoms. The Balaban J connectivity index is 1.91. The first-order valence-electron chi connectivity index (χ1n) is 7.27. The zero-order chi connectivity index (χ0) is 14.6. The maximum atomic E-state index is 12.3. The number of ether oxygens (including phenoxy) is 1. The van der Waals surface area contributed by atoms with Crippen molar-refractivity contribution in [3.8, 4) is 0 Å². The Labute approximate surface area is 127 Å². The Bertz CT molecular complexity index is 723. The van der Waals surface area contributed by atoms with Gasteiger partial charge < -0.3 is 9.30 Å². The van der Waals surface area contributed by atoms with E-state index in [0.717, 1.165) is 41.4 Å². The third-order valence-corrected chi connectivity index (χ3v) is 5.23. The fourth-order valence-electron chi connectivity index (χ4n) is 3.61. The number of carbonyl (C=O) groups excluding carboxylic acids is 1. The molecule has 2 aromatic rings. The van der Waals surface area contributed by atoms with Crippen molar-refractivity contribution in [3.63, 3.8) is 0 Å². The average Bonchev–Trinajstić information content (AvgIpc) is 2.75. The Morgan fingerprint density at radius 2 is 2.29 bits per heavy atom. The van der Waals surface area contributed by atoms with Crippen LogP contribution in [0.15, 0.2) is 17.4 Å². The molecule has 3 fully saturated rings. The van der Waals surface area contributed by atoms with E-state index in [0.29, 0.717) is 12.3 Å².